The maximum Gasteiger partial charge on any atom is 0.0616 e. The number of hydrogen-bond donors (Lipinski definition) is 1. The standard InChI is InChI=1S/C14H25NO/c1-13(2)11-5-6-14(13,12(16)9-11)10-15-7-3-4-8-15/h11-12,16H,3-10H2,1-2H3. The van der Waals surface area contributed by atoms with E-state index in [1.165, 1.54) is 38.8 Å². The summed E-state index contributed by atoms with van der Waals surface area (Å²) >= 11 is 0. The van der Waals surface area contributed by atoms with Crippen molar-refractivity contribution >= 4 is 0 Å². The van der Waals surface area contributed by atoms with Gasteiger partial charge < -0.3 is 10.0 Å². The second-order valence-electron chi connectivity index (χ2n) is 6.85. The van der Waals surface area contributed by atoms with Crippen LogP contribution in [0.25, 0.3) is 0 Å². The minimum atomic E-state index is -0.0400. The van der Waals surface area contributed by atoms with Gasteiger partial charge in [-0.05, 0) is 56.5 Å². The van der Waals surface area contributed by atoms with Crippen LogP contribution < -0.4 is 0 Å². The molecule has 2 nitrogen and oxygen atoms in total. The lowest BCUT2D eigenvalue weighted by Crippen LogP contribution is -2.47. The van der Waals surface area contributed by atoms with Crippen LogP contribution in [0.5, 0.6) is 0 Å². The Bertz CT molecular complexity index is 282. The summed E-state index contributed by atoms with van der Waals surface area (Å²) < 4.78 is 0. The van der Waals surface area contributed by atoms with Gasteiger partial charge in [-0.15, -0.1) is 0 Å². The van der Waals surface area contributed by atoms with Crippen LogP contribution in [0.2, 0.25) is 0 Å². The van der Waals surface area contributed by atoms with E-state index in [2.05, 4.69) is 18.7 Å². The molecule has 0 amide bonds. The van der Waals surface area contributed by atoms with Crippen LogP contribution in [-0.2, 0) is 0 Å². The minimum Gasteiger partial charge on any atom is -0.392 e. The van der Waals surface area contributed by atoms with Crippen molar-refractivity contribution in [1.82, 2.24) is 4.90 Å². The molecule has 0 spiro atoms. The van der Waals surface area contributed by atoms with Crippen LogP contribution in [0.3, 0.4) is 0 Å². The Morgan fingerprint density at radius 2 is 1.94 bits per heavy atom. The SMILES string of the molecule is CC1(C)C2CCC1(CN1CCCC1)C(O)C2. The van der Waals surface area contributed by atoms with Crippen LogP contribution in [0.4, 0.5) is 0 Å². The summed E-state index contributed by atoms with van der Waals surface area (Å²) in [4.78, 5) is 2.60. The zero-order chi connectivity index (χ0) is 11.4. The molecule has 2 saturated carbocycles. The molecule has 3 fully saturated rings. The smallest absolute Gasteiger partial charge is 0.0616 e. The Kier molecular flexibility index (Phi) is 2.38. The Hall–Kier alpha value is -0.0800. The fraction of sp³-hybridized carbons (Fsp3) is 1.00. The number of hydrogen-bond acceptors (Lipinski definition) is 2. The van der Waals surface area contributed by atoms with Crippen LogP contribution in [0.15, 0.2) is 0 Å². The summed E-state index contributed by atoms with van der Waals surface area (Å²) in [5, 5.41) is 10.4. The van der Waals surface area contributed by atoms with Gasteiger partial charge >= 0.3 is 0 Å². The van der Waals surface area contributed by atoms with Gasteiger partial charge in [0.15, 0.2) is 0 Å². The first-order valence-corrected chi connectivity index (χ1v) is 6.97. The van der Waals surface area contributed by atoms with Crippen molar-refractivity contribution in [3.63, 3.8) is 0 Å². The van der Waals surface area contributed by atoms with E-state index < -0.39 is 0 Å². The van der Waals surface area contributed by atoms with Gasteiger partial charge in [-0.25, -0.2) is 0 Å². The van der Waals surface area contributed by atoms with E-state index in [9.17, 15) is 5.11 Å². The van der Waals surface area contributed by atoms with E-state index >= 15 is 0 Å². The van der Waals surface area contributed by atoms with Crippen molar-refractivity contribution in [1.29, 1.82) is 0 Å². The summed E-state index contributed by atoms with van der Waals surface area (Å²) in [6, 6.07) is 0. The Morgan fingerprint density at radius 1 is 1.25 bits per heavy atom. The molecule has 3 rings (SSSR count). The fourth-order valence-electron chi connectivity index (χ4n) is 4.75. The average Bonchev–Trinajstić information content (AvgIpc) is 2.84. The molecule has 1 N–H and O–H groups in total. The summed E-state index contributed by atoms with van der Waals surface area (Å²) in [7, 11) is 0. The van der Waals surface area contributed by atoms with E-state index in [0.29, 0.717) is 5.41 Å². The summed E-state index contributed by atoms with van der Waals surface area (Å²) in [6.45, 7) is 8.47. The van der Waals surface area contributed by atoms with E-state index in [1.54, 1.807) is 0 Å². The van der Waals surface area contributed by atoms with Crippen LogP contribution in [0, 0.1) is 16.7 Å². The molecule has 2 bridgehead atoms. The summed E-state index contributed by atoms with van der Waals surface area (Å²) in [6.07, 6.45) is 6.33. The van der Waals surface area contributed by atoms with E-state index in [1.807, 2.05) is 0 Å². The zero-order valence-corrected chi connectivity index (χ0v) is 10.7. The number of aliphatic hydroxyl groups is 1. The van der Waals surface area contributed by atoms with E-state index in [0.717, 1.165) is 18.9 Å². The number of fused-ring (bicyclic) bond motifs is 2. The summed E-state index contributed by atoms with van der Waals surface area (Å²) in [5.74, 6) is 0.769. The normalized spacial score (nSPS) is 46.7. The van der Waals surface area contributed by atoms with Crippen LogP contribution in [-0.4, -0.2) is 35.7 Å². The maximum atomic E-state index is 10.4. The van der Waals surface area contributed by atoms with Gasteiger partial charge in [-0.3, -0.25) is 0 Å². The molecule has 0 aromatic rings. The molecule has 1 aliphatic heterocycles. The highest BCUT2D eigenvalue weighted by molar-refractivity contribution is 5.13. The largest absolute Gasteiger partial charge is 0.392 e. The highest BCUT2D eigenvalue weighted by Crippen LogP contribution is 2.65. The van der Waals surface area contributed by atoms with Gasteiger partial charge in [0.1, 0.15) is 0 Å². The molecule has 3 aliphatic rings. The first kappa shape index (κ1) is 11.0. The Labute approximate surface area is 99.0 Å². The fourth-order valence-corrected chi connectivity index (χ4v) is 4.75. The van der Waals surface area contributed by atoms with Gasteiger partial charge in [0.05, 0.1) is 6.10 Å². The van der Waals surface area contributed by atoms with Crippen molar-refractivity contribution in [3.05, 3.63) is 0 Å². The Balaban J connectivity index is 1.83. The maximum absolute atomic E-state index is 10.4. The lowest BCUT2D eigenvalue weighted by Gasteiger charge is -2.43. The van der Waals surface area contributed by atoms with Gasteiger partial charge in [0, 0.05) is 12.0 Å². The molecule has 3 atom stereocenters. The molecule has 2 aliphatic carbocycles. The third-order valence-corrected chi connectivity index (χ3v) is 6.09. The number of aliphatic hydroxyl groups excluding tert-OH is 1. The molecule has 2 heteroatoms. The molecule has 0 radical (unpaired) electrons. The molecular weight excluding hydrogens is 198 g/mol. The highest BCUT2D eigenvalue weighted by atomic mass is 16.3. The van der Waals surface area contributed by atoms with E-state index in [4.69, 9.17) is 0 Å². The monoisotopic (exact) mass is 223 g/mol. The predicted octanol–water partition coefficient (Wildman–Crippen LogP) is 2.27. The predicted molar refractivity (Wildman–Crippen MR) is 65.2 cm³/mol. The molecule has 92 valence electrons. The average molecular weight is 223 g/mol. The molecule has 16 heavy (non-hydrogen) atoms. The van der Waals surface area contributed by atoms with Crippen molar-refractivity contribution < 1.29 is 5.11 Å². The number of likely N-dealkylation sites (tertiary alicyclic amines) is 1. The Morgan fingerprint density at radius 3 is 2.44 bits per heavy atom. The van der Waals surface area contributed by atoms with Gasteiger partial charge in [0.25, 0.3) is 0 Å². The summed E-state index contributed by atoms with van der Waals surface area (Å²) in [5.41, 5.74) is 0.566. The highest BCUT2D eigenvalue weighted by Gasteiger charge is 2.63. The lowest BCUT2D eigenvalue weighted by molar-refractivity contribution is -0.0258. The molecule has 0 aromatic heterocycles. The topological polar surface area (TPSA) is 23.5 Å². The van der Waals surface area contributed by atoms with Crippen molar-refractivity contribution in [2.75, 3.05) is 19.6 Å². The van der Waals surface area contributed by atoms with Gasteiger partial charge in [-0.1, -0.05) is 13.8 Å². The minimum absolute atomic E-state index is 0.0400. The number of rotatable bonds is 2. The lowest BCUT2D eigenvalue weighted by atomic mass is 9.68. The van der Waals surface area contributed by atoms with Crippen LogP contribution >= 0.6 is 0 Å². The zero-order valence-electron chi connectivity index (χ0n) is 10.7. The first-order chi connectivity index (χ1) is 7.56. The second-order valence-corrected chi connectivity index (χ2v) is 6.85. The van der Waals surface area contributed by atoms with Crippen molar-refractivity contribution in [2.24, 2.45) is 16.7 Å². The van der Waals surface area contributed by atoms with Gasteiger partial charge in [0.2, 0.25) is 0 Å². The van der Waals surface area contributed by atoms with Crippen molar-refractivity contribution in [3.8, 4) is 0 Å². The number of nitrogens with zero attached hydrogens (tertiary/aromatic N) is 1. The third-order valence-electron chi connectivity index (χ3n) is 6.09. The first-order valence-electron chi connectivity index (χ1n) is 6.97. The van der Waals surface area contributed by atoms with Crippen LogP contribution in [0.1, 0.15) is 46.0 Å². The van der Waals surface area contributed by atoms with Crippen molar-refractivity contribution in [2.45, 2.75) is 52.1 Å². The molecule has 1 saturated heterocycles. The third kappa shape index (κ3) is 1.26. The van der Waals surface area contributed by atoms with Gasteiger partial charge in [-0.2, -0.15) is 0 Å². The molecule has 3 unspecified atom stereocenters. The quantitative estimate of drug-likeness (QED) is 0.776. The molecular formula is C14H25NO. The molecule has 0 aromatic carbocycles. The second kappa shape index (κ2) is 3.46. The van der Waals surface area contributed by atoms with E-state index in [-0.39, 0.29) is 11.5 Å². The molecule has 1 heterocycles.